The zero-order chi connectivity index (χ0) is 13.6. The highest BCUT2D eigenvalue weighted by atomic mass is 79.9. The number of hydrogen-bond acceptors (Lipinski definition) is 2. The smallest absolute Gasteiger partial charge is 0.184 e. The quantitative estimate of drug-likeness (QED) is 0.672. The molecule has 0 atom stereocenters. The van der Waals surface area contributed by atoms with Gasteiger partial charge in [0.2, 0.25) is 0 Å². The number of nitrogens with one attached hydrogen (secondary N) is 1. The van der Waals surface area contributed by atoms with Gasteiger partial charge < -0.3 is 4.98 Å². The summed E-state index contributed by atoms with van der Waals surface area (Å²) in [4.78, 5) is 7.35. The van der Waals surface area contributed by atoms with E-state index in [0.717, 1.165) is 15.6 Å². The largest absolute Gasteiger partial charge is 0.329 e. The monoisotopic (exact) mass is 337 g/mol. The molecule has 6 heteroatoms. The summed E-state index contributed by atoms with van der Waals surface area (Å²) in [5.41, 5.74) is 2.62. The van der Waals surface area contributed by atoms with E-state index in [4.69, 9.17) is 12.2 Å². The highest BCUT2D eigenvalue weighted by Gasteiger charge is 2.14. The summed E-state index contributed by atoms with van der Waals surface area (Å²) in [6.45, 7) is 1.85. The maximum Gasteiger partial charge on any atom is 0.184 e. The molecule has 1 aromatic carbocycles. The number of benzene rings is 1. The number of pyridine rings is 1. The molecule has 3 rings (SSSR count). The van der Waals surface area contributed by atoms with Gasteiger partial charge in [-0.2, -0.15) is 0 Å². The number of hydrogen-bond donors (Lipinski definition) is 1. The molecule has 0 amide bonds. The van der Waals surface area contributed by atoms with Gasteiger partial charge >= 0.3 is 0 Å². The summed E-state index contributed by atoms with van der Waals surface area (Å²) in [6.07, 6.45) is 1.66. The van der Waals surface area contributed by atoms with Crippen LogP contribution in [0.5, 0.6) is 0 Å². The molecule has 96 valence electrons. The van der Waals surface area contributed by atoms with Crippen molar-refractivity contribution >= 4 is 39.3 Å². The first-order valence-corrected chi connectivity index (χ1v) is 6.80. The number of aromatic nitrogens is 3. The molecule has 3 nitrogen and oxygen atoms in total. The molecule has 2 heterocycles. The number of para-hydroxylation sites is 1. The molecular formula is C13H9BrFN3S. The van der Waals surface area contributed by atoms with E-state index in [1.807, 2.05) is 19.1 Å². The van der Waals surface area contributed by atoms with E-state index in [9.17, 15) is 4.39 Å². The summed E-state index contributed by atoms with van der Waals surface area (Å²) in [5.74, 6) is -0.318. The Morgan fingerprint density at radius 2 is 2.21 bits per heavy atom. The number of aromatic amines is 1. The van der Waals surface area contributed by atoms with Crippen molar-refractivity contribution in [3.63, 3.8) is 0 Å². The molecule has 0 fully saturated rings. The summed E-state index contributed by atoms with van der Waals surface area (Å²) >= 11 is 8.63. The number of halogens is 2. The van der Waals surface area contributed by atoms with Gasteiger partial charge in [0.1, 0.15) is 5.82 Å². The first-order valence-electron chi connectivity index (χ1n) is 5.59. The third-order valence-corrected chi connectivity index (χ3v) is 3.62. The van der Waals surface area contributed by atoms with Crippen LogP contribution >= 0.6 is 28.1 Å². The van der Waals surface area contributed by atoms with E-state index in [2.05, 4.69) is 25.9 Å². The Morgan fingerprint density at radius 1 is 1.42 bits per heavy atom. The van der Waals surface area contributed by atoms with Gasteiger partial charge in [0, 0.05) is 10.7 Å². The fraction of sp³-hybridized carbons (Fsp3) is 0.0769. The van der Waals surface area contributed by atoms with Gasteiger partial charge in [-0.1, -0.05) is 12.1 Å². The zero-order valence-electron chi connectivity index (χ0n) is 9.95. The summed E-state index contributed by atoms with van der Waals surface area (Å²) in [5, 5.41) is 0. The lowest BCUT2D eigenvalue weighted by Gasteiger charge is -2.08. The van der Waals surface area contributed by atoms with Crippen molar-refractivity contribution in [2.75, 3.05) is 0 Å². The summed E-state index contributed by atoms with van der Waals surface area (Å²) in [6, 6.07) is 6.81. The Hall–Kier alpha value is -1.53. The molecule has 0 radical (unpaired) electrons. The Morgan fingerprint density at radius 3 is 2.95 bits per heavy atom. The van der Waals surface area contributed by atoms with Crippen molar-refractivity contribution in [1.29, 1.82) is 0 Å². The van der Waals surface area contributed by atoms with Crippen LogP contribution < -0.4 is 0 Å². The Balaban J connectivity index is 2.43. The van der Waals surface area contributed by atoms with E-state index >= 15 is 0 Å². The van der Waals surface area contributed by atoms with Crippen LogP contribution in [-0.4, -0.2) is 14.5 Å². The predicted octanol–water partition coefficient (Wildman–Crippen LogP) is 4.29. The average molecular weight is 338 g/mol. The van der Waals surface area contributed by atoms with Crippen LogP contribution in [0, 0.1) is 17.5 Å². The van der Waals surface area contributed by atoms with Gasteiger partial charge in [0.05, 0.1) is 11.2 Å². The zero-order valence-corrected chi connectivity index (χ0v) is 12.3. The summed E-state index contributed by atoms with van der Waals surface area (Å²) in [7, 11) is 0. The molecule has 3 aromatic rings. The van der Waals surface area contributed by atoms with Crippen molar-refractivity contribution < 1.29 is 4.39 Å². The van der Waals surface area contributed by atoms with Crippen LogP contribution in [-0.2, 0) is 0 Å². The number of imidazole rings is 1. The minimum Gasteiger partial charge on any atom is -0.329 e. The number of fused-ring (bicyclic) bond motifs is 1. The molecule has 0 aliphatic rings. The molecule has 0 saturated carbocycles. The van der Waals surface area contributed by atoms with Gasteiger partial charge in [0.25, 0.3) is 0 Å². The predicted molar refractivity (Wildman–Crippen MR) is 78.6 cm³/mol. The van der Waals surface area contributed by atoms with Gasteiger partial charge in [-0.25, -0.2) is 9.37 Å². The fourth-order valence-corrected chi connectivity index (χ4v) is 2.70. The van der Waals surface area contributed by atoms with Crippen LogP contribution in [0.2, 0.25) is 0 Å². The second-order valence-corrected chi connectivity index (χ2v) is 5.50. The molecular weight excluding hydrogens is 329 g/mol. The van der Waals surface area contributed by atoms with Gasteiger partial charge in [-0.15, -0.1) is 0 Å². The SMILES string of the molecule is Cc1cccc(F)c1-n1c(=S)[nH]c2cc(Br)cnc21. The molecule has 0 aliphatic carbocycles. The maximum absolute atomic E-state index is 14.1. The van der Waals surface area contributed by atoms with Gasteiger partial charge in [-0.05, 0) is 52.8 Å². The number of nitrogens with zero attached hydrogens (tertiary/aromatic N) is 2. The Labute approximate surface area is 122 Å². The first-order chi connectivity index (χ1) is 9.08. The molecule has 0 saturated heterocycles. The molecule has 0 unspecified atom stereocenters. The molecule has 19 heavy (non-hydrogen) atoms. The topological polar surface area (TPSA) is 33.6 Å². The van der Waals surface area contributed by atoms with Gasteiger partial charge in [-0.3, -0.25) is 4.57 Å². The molecule has 2 aromatic heterocycles. The highest BCUT2D eigenvalue weighted by molar-refractivity contribution is 9.10. The number of H-pyrrole nitrogens is 1. The summed E-state index contributed by atoms with van der Waals surface area (Å²) < 4.78 is 17.0. The standard InChI is InChI=1S/C13H9BrFN3S/c1-7-3-2-4-9(15)11(7)18-12-10(17-13(18)19)5-8(14)6-16-12/h2-6H,1H3,(H,17,19). The van der Waals surface area contributed by atoms with Crippen molar-refractivity contribution in [2.24, 2.45) is 0 Å². The minimum absolute atomic E-state index is 0.318. The second-order valence-electron chi connectivity index (χ2n) is 4.20. The van der Waals surface area contributed by atoms with E-state index < -0.39 is 0 Å². The van der Waals surface area contributed by atoms with Crippen molar-refractivity contribution in [1.82, 2.24) is 14.5 Å². The fourth-order valence-electron chi connectivity index (χ4n) is 2.08. The lowest BCUT2D eigenvalue weighted by atomic mass is 10.2. The number of rotatable bonds is 1. The van der Waals surface area contributed by atoms with E-state index in [1.165, 1.54) is 6.07 Å². The van der Waals surface area contributed by atoms with Crippen LogP contribution in [0.15, 0.2) is 34.9 Å². The van der Waals surface area contributed by atoms with E-state index in [1.54, 1.807) is 16.8 Å². The highest BCUT2D eigenvalue weighted by Crippen LogP contribution is 2.24. The lowest BCUT2D eigenvalue weighted by molar-refractivity contribution is 0.617. The minimum atomic E-state index is -0.318. The van der Waals surface area contributed by atoms with Crippen molar-refractivity contribution in [3.8, 4) is 5.69 Å². The molecule has 1 N–H and O–H groups in total. The van der Waals surface area contributed by atoms with Crippen LogP contribution in [0.25, 0.3) is 16.9 Å². The van der Waals surface area contributed by atoms with Crippen LogP contribution in [0.4, 0.5) is 4.39 Å². The van der Waals surface area contributed by atoms with E-state index in [-0.39, 0.29) is 5.82 Å². The van der Waals surface area contributed by atoms with Crippen molar-refractivity contribution in [3.05, 3.63) is 51.1 Å². The van der Waals surface area contributed by atoms with Crippen LogP contribution in [0.1, 0.15) is 5.56 Å². The molecule has 0 aliphatic heterocycles. The van der Waals surface area contributed by atoms with E-state index in [0.29, 0.717) is 16.1 Å². The first kappa shape index (κ1) is 12.5. The molecule has 0 bridgehead atoms. The Bertz CT molecular complexity index is 817. The molecule has 0 spiro atoms. The van der Waals surface area contributed by atoms with Gasteiger partial charge in [0.15, 0.2) is 10.4 Å². The lowest BCUT2D eigenvalue weighted by Crippen LogP contribution is -2.01. The van der Waals surface area contributed by atoms with Crippen LogP contribution in [0.3, 0.4) is 0 Å². The van der Waals surface area contributed by atoms with Crippen molar-refractivity contribution in [2.45, 2.75) is 6.92 Å². The maximum atomic E-state index is 14.1. The average Bonchev–Trinajstić information content (AvgIpc) is 2.65. The normalized spacial score (nSPS) is 11.1. The third-order valence-electron chi connectivity index (χ3n) is 2.90. The number of aryl methyl sites for hydroxylation is 1. The third kappa shape index (κ3) is 2.01. The second kappa shape index (κ2) is 4.54. The Kier molecular flexibility index (Phi) is 2.99.